The summed E-state index contributed by atoms with van der Waals surface area (Å²) in [6.07, 6.45) is 7.25. The minimum absolute atomic E-state index is 0.0142. The van der Waals surface area contributed by atoms with Crippen molar-refractivity contribution in [3.8, 4) is 0 Å². The smallest absolute Gasteiger partial charge is 0.127 e. The standard InChI is InChI=1S/C13H23NOS/c1-2-12-9-14(7-8-16-12)10-13(11-15)5-3-4-6-13/h11-12H,2-10H2,1H3. The van der Waals surface area contributed by atoms with Crippen LogP contribution in [0.2, 0.25) is 0 Å². The second-order valence-electron chi connectivity index (χ2n) is 5.32. The van der Waals surface area contributed by atoms with E-state index in [-0.39, 0.29) is 5.41 Å². The molecule has 2 rings (SSSR count). The van der Waals surface area contributed by atoms with E-state index in [0.717, 1.165) is 24.6 Å². The lowest BCUT2D eigenvalue weighted by atomic mass is 9.87. The van der Waals surface area contributed by atoms with Gasteiger partial charge in [-0.1, -0.05) is 19.8 Å². The molecule has 0 N–H and O–H groups in total. The minimum atomic E-state index is 0.0142. The molecule has 1 heterocycles. The fourth-order valence-corrected chi connectivity index (χ4v) is 4.26. The molecule has 1 aliphatic carbocycles. The highest BCUT2D eigenvalue weighted by atomic mass is 32.2. The lowest BCUT2D eigenvalue weighted by Gasteiger charge is -2.36. The van der Waals surface area contributed by atoms with Gasteiger partial charge in [-0.2, -0.15) is 11.8 Å². The molecule has 1 unspecified atom stereocenters. The van der Waals surface area contributed by atoms with Gasteiger partial charge in [0.15, 0.2) is 0 Å². The second-order valence-corrected chi connectivity index (χ2v) is 6.73. The zero-order valence-corrected chi connectivity index (χ0v) is 11.1. The molecular formula is C13H23NOS. The van der Waals surface area contributed by atoms with Crippen molar-refractivity contribution in [1.82, 2.24) is 4.90 Å². The highest BCUT2D eigenvalue weighted by Gasteiger charge is 2.36. The van der Waals surface area contributed by atoms with Crippen LogP contribution in [0.1, 0.15) is 39.0 Å². The van der Waals surface area contributed by atoms with Crippen molar-refractivity contribution in [2.24, 2.45) is 5.41 Å². The van der Waals surface area contributed by atoms with Gasteiger partial charge >= 0.3 is 0 Å². The third-order valence-corrected chi connectivity index (χ3v) is 5.44. The highest BCUT2D eigenvalue weighted by Crippen LogP contribution is 2.37. The highest BCUT2D eigenvalue weighted by molar-refractivity contribution is 8.00. The molecule has 1 aliphatic heterocycles. The average Bonchev–Trinajstić information content (AvgIpc) is 2.78. The van der Waals surface area contributed by atoms with E-state index in [1.807, 2.05) is 0 Å². The van der Waals surface area contributed by atoms with Crippen molar-refractivity contribution in [2.45, 2.75) is 44.3 Å². The number of rotatable bonds is 4. The normalized spacial score (nSPS) is 30.4. The van der Waals surface area contributed by atoms with E-state index in [0.29, 0.717) is 0 Å². The molecule has 2 nitrogen and oxygen atoms in total. The van der Waals surface area contributed by atoms with E-state index < -0.39 is 0 Å². The number of carbonyl (C=O) groups excluding carboxylic acids is 1. The maximum atomic E-state index is 11.3. The van der Waals surface area contributed by atoms with Crippen molar-refractivity contribution >= 4 is 18.0 Å². The van der Waals surface area contributed by atoms with Gasteiger partial charge in [0.1, 0.15) is 6.29 Å². The largest absolute Gasteiger partial charge is 0.303 e. The molecule has 2 aliphatic rings. The van der Waals surface area contributed by atoms with E-state index in [1.54, 1.807) is 0 Å². The molecule has 3 heteroatoms. The molecule has 1 saturated carbocycles. The van der Waals surface area contributed by atoms with Crippen molar-refractivity contribution in [3.05, 3.63) is 0 Å². The summed E-state index contributed by atoms with van der Waals surface area (Å²) in [5.74, 6) is 1.24. The van der Waals surface area contributed by atoms with Gasteiger partial charge in [-0.05, 0) is 19.3 Å². The first kappa shape index (κ1) is 12.4. The Kier molecular flexibility index (Phi) is 4.31. The molecule has 1 saturated heterocycles. The van der Waals surface area contributed by atoms with Gasteiger partial charge in [-0.15, -0.1) is 0 Å². The number of hydrogen-bond donors (Lipinski definition) is 0. The molecule has 0 aromatic heterocycles. The Morgan fingerprint density at radius 2 is 2.19 bits per heavy atom. The summed E-state index contributed by atoms with van der Waals surface area (Å²) in [6.45, 7) is 5.66. The SMILES string of the molecule is CCC1CN(CC2(C=O)CCCC2)CCS1. The summed E-state index contributed by atoms with van der Waals surface area (Å²) < 4.78 is 0. The fourth-order valence-electron chi connectivity index (χ4n) is 3.01. The van der Waals surface area contributed by atoms with Crippen LogP contribution in [-0.2, 0) is 4.79 Å². The van der Waals surface area contributed by atoms with E-state index in [2.05, 4.69) is 23.6 Å². The van der Waals surface area contributed by atoms with Crippen LogP contribution < -0.4 is 0 Å². The summed E-state index contributed by atoms with van der Waals surface area (Å²) in [5, 5.41) is 0.791. The van der Waals surface area contributed by atoms with E-state index >= 15 is 0 Å². The summed E-state index contributed by atoms with van der Waals surface area (Å²) in [5.41, 5.74) is 0.0142. The van der Waals surface area contributed by atoms with E-state index in [1.165, 1.54) is 44.4 Å². The van der Waals surface area contributed by atoms with Crippen LogP contribution >= 0.6 is 11.8 Å². The fraction of sp³-hybridized carbons (Fsp3) is 0.923. The van der Waals surface area contributed by atoms with Gasteiger partial charge in [0, 0.05) is 36.1 Å². The maximum Gasteiger partial charge on any atom is 0.127 e. The molecule has 16 heavy (non-hydrogen) atoms. The van der Waals surface area contributed by atoms with Crippen molar-refractivity contribution in [2.75, 3.05) is 25.4 Å². The summed E-state index contributed by atoms with van der Waals surface area (Å²) in [4.78, 5) is 13.9. The average molecular weight is 241 g/mol. The van der Waals surface area contributed by atoms with Crippen LogP contribution in [0.3, 0.4) is 0 Å². The minimum Gasteiger partial charge on any atom is -0.303 e. The van der Waals surface area contributed by atoms with Gasteiger partial charge < -0.3 is 9.69 Å². The first-order valence-corrected chi connectivity index (χ1v) is 7.63. The summed E-state index contributed by atoms with van der Waals surface area (Å²) in [6, 6.07) is 0. The Hall–Kier alpha value is -0.0200. The summed E-state index contributed by atoms with van der Waals surface area (Å²) >= 11 is 2.10. The Labute approximate surface area is 103 Å². The van der Waals surface area contributed by atoms with E-state index in [9.17, 15) is 4.79 Å². The summed E-state index contributed by atoms with van der Waals surface area (Å²) in [7, 11) is 0. The maximum absolute atomic E-state index is 11.3. The third kappa shape index (κ3) is 2.80. The lowest BCUT2D eigenvalue weighted by Crippen LogP contribution is -2.44. The lowest BCUT2D eigenvalue weighted by molar-refractivity contribution is -0.117. The van der Waals surface area contributed by atoms with Crippen LogP contribution in [0.5, 0.6) is 0 Å². The quantitative estimate of drug-likeness (QED) is 0.706. The Morgan fingerprint density at radius 3 is 2.81 bits per heavy atom. The zero-order chi connectivity index (χ0) is 11.4. The molecular weight excluding hydrogens is 218 g/mol. The number of nitrogens with zero attached hydrogens (tertiary/aromatic N) is 1. The van der Waals surface area contributed by atoms with Crippen LogP contribution in [-0.4, -0.2) is 41.8 Å². The molecule has 92 valence electrons. The number of thioether (sulfide) groups is 1. The number of aldehydes is 1. The molecule has 2 fully saturated rings. The second kappa shape index (κ2) is 5.54. The van der Waals surface area contributed by atoms with Gasteiger partial charge in [-0.3, -0.25) is 0 Å². The molecule has 0 bridgehead atoms. The molecule has 0 spiro atoms. The van der Waals surface area contributed by atoms with Crippen molar-refractivity contribution in [3.63, 3.8) is 0 Å². The predicted octanol–water partition coefficient (Wildman–Crippen LogP) is 2.57. The monoisotopic (exact) mass is 241 g/mol. The van der Waals surface area contributed by atoms with Crippen molar-refractivity contribution < 1.29 is 4.79 Å². The molecule has 0 aromatic carbocycles. The molecule has 0 amide bonds. The first-order valence-electron chi connectivity index (χ1n) is 6.58. The topological polar surface area (TPSA) is 20.3 Å². The Balaban J connectivity index is 1.90. The van der Waals surface area contributed by atoms with Crippen LogP contribution in [0.25, 0.3) is 0 Å². The third-order valence-electron chi connectivity index (χ3n) is 4.07. The Morgan fingerprint density at radius 1 is 1.44 bits per heavy atom. The van der Waals surface area contributed by atoms with Gasteiger partial charge in [0.2, 0.25) is 0 Å². The van der Waals surface area contributed by atoms with Gasteiger partial charge in [-0.25, -0.2) is 0 Å². The molecule has 1 atom stereocenters. The van der Waals surface area contributed by atoms with Gasteiger partial charge in [0.25, 0.3) is 0 Å². The van der Waals surface area contributed by atoms with Crippen molar-refractivity contribution in [1.29, 1.82) is 0 Å². The Bertz CT molecular complexity index is 238. The molecule has 0 aromatic rings. The predicted molar refractivity (Wildman–Crippen MR) is 69.9 cm³/mol. The first-order chi connectivity index (χ1) is 7.78. The number of carbonyl (C=O) groups is 1. The number of hydrogen-bond acceptors (Lipinski definition) is 3. The van der Waals surface area contributed by atoms with Gasteiger partial charge in [0.05, 0.1) is 0 Å². The van der Waals surface area contributed by atoms with E-state index in [4.69, 9.17) is 0 Å². The van der Waals surface area contributed by atoms with Crippen LogP contribution in [0.4, 0.5) is 0 Å². The molecule has 0 radical (unpaired) electrons. The zero-order valence-electron chi connectivity index (χ0n) is 10.3. The van der Waals surface area contributed by atoms with Crippen LogP contribution in [0.15, 0.2) is 0 Å². The van der Waals surface area contributed by atoms with Crippen LogP contribution in [0, 0.1) is 5.41 Å².